The maximum atomic E-state index is 6.50. The summed E-state index contributed by atoms with van der Waals surface area (Å²) in [5.41, 5.74) is 5.43. The van der Waals surface area contributed by atoms with E-state index in [1.807, 2.05) is 31.2 Å². The van der Waals surface area contributed by atoms with Crippen molar-refractivity contribution >= 4 is 38.4 Å². The normalized spacial score (nSPS) is 11.7. The fourth-order valence-electron chi connectivity index (χ4n) is 4.62. The Hall–Kier alpha value is -2.95. The molecule has 158 valence electrons. The van der Waals surface area contributed by atoms with Crippen molar-refractivity contribution in [2.24, 2.45) is 0 Å². The van der Waals surface area contributed by atoms with E-state index in [0.717, 1.165) is 39.0 Å². The number of benzene rings is 3. The monoisotopic (exact) mass is 501 g/mol. The van der Waals surface area contributed by atoms with Gasteiger partial charge in [-0.1, -0.05) is 119 Å². The minimum absolute atomic E-state index is 0.455. The highest BCUT2D eigenvalue weighted by Crippen LogP contribution is 2.43. The molecule has 0 saturated heterocycles. The van der Waals surface area contributed by atoms with Crippen LogP contribution in [0.3, 0.4) is 0 Å². The molecule has 2 heterocycles. The van der Waals surface area contributed by atoms with Gasteiger partial charge in [0.05, 0.1) is 16.9 Å². The zero-order valence-corrected chi connectivity index (χ0v) is 19.9. The van der Waals surface area contributed by atoms with Gasteiger partial charge in [-0.05, 0) is 23.6 Å². The van der Waals surface area contributed by atoms with Crippen molar-refractivity contribution in [2.45, 2.75) is 17.8 Å². The number of halogens is 2. The van der Waals surface area contributed by atoms with E-state index in [-0.39, 0.29) is 0 Å². The molecular weight excluding hydrogens is 482 g/mol. The number of hydrogen-bond acceptors (Lipinski definition) is 2. The van der Waals surface area contributed by atoms with Crippen molar-refractivity contribution in [3.8, 4) is 0 Å². The summed E-state index contributed by atoms with van der Waals surface area (Å²) in [5, 5.41) is 7.22. The standard InChI is InChI=1S/C27H21BrClN3/c1-19-26-23(18-28)30-25(29)17-24(26)32(31-19)27(20-11-5-2-6-12-20,21-13-7-3-8-14-21)22-15-9-4-10-16-22/h2-17H,18H2,1H3. The summed E-state index contributed by atoms with van der Waals surface area (Å²) in [6, 6.07) is 33.5. The molecule has 3 nitrogen and oxygen atoms in total. The van der Waals surface area contributed by atoms with Gasteiger partial charge < -0.3 is 0 Å². The minimum atomic E-state index is -0.690. The lowest BCUT2D eigenvalue weighted by Gasteiger charge is -2.37. The third kappa shape index (κ3) is 3.26. The fraction of sp³-hybridized carbons (Fsp3) is 0.111. The average molecular weight is 503 g/mol. The first-order valence-corrected chi connectivity index (χ1v) is 11.9. The quantitative estimate of drug-likeness (QED) is 0.145. The van der Waals surface area contributed by atoms with Gasteiger partial charge in [0.25, 0.3) is 0 Å². The van der Waals surface area contributed by atoms with E-state index in [9.17, 15) is 0 Å². The number of pyridine rings is 1. The van der Waals surface area contributed by atoms with Gasteiger partial charge in [0, 0.05) is 16.8 Å². The molecule has 0 aliphatic rings. The van der Waals surface area contributed by atoms with Crippen LogP contribution in [-0.2, 0) is 10.9 Å². The van der Waals surface area contributed by atoms with Crippen LogP contribution in [0.5, 0.6) is 0 Å². The summed E-state index contributed by atoms with van der Waals surface area (Å²) in [4.78, 5) is 4.56. The summed E-state index contributed by atoms with van der Waals surface area (Å²) >= 11 is 10.1. The van der Waals surface area contributed by atoms with Crippen molar-refractivity contribution in [2.75, 3.05) is 0 Å². The lowest BCUT2D eigenvalue weighted by molar-refractivity contribution is 0.473. The molecule has 5 rings (SSSR count). The Labute approximate surface area is 200 Å². The van der Waals surface area contributed by atoms with E-state index in [1.165, 1.54) is 0 Å². The van der Waals surface area contributed by atoms with Crippen LogP contribution in [0.4, 0.5) is 0 Å². The van der Waals surface area contributed by atoms with Gasteiger partial charge in [-0.25, -0.2) is 9.67 Å². The van der Waals surface area contributed by atoms with Crippen molar-refractivity contribution in [3.63, 3.8) is 0 Å². The van der Waals surface area contributed by atoms with Gasteiger partial charge >= 0.3 is 0 Å². The Morgan fingerprint density at radius 1 is 0.812 bits per heavy atom. The predicted molar refractivity (Wildman–Crippen MR) is 135 cm³/mol. The zero-order chi connectivity index (χ0) is 22.1. The molecule has 0 saturated carbocycles. The number of fused-ring (bicyclic) bond motifs is 1. The Bertz CT molecular complexity index is 1270. The van der Waals surface area contributed by atoms with Crippen LogP contribution in [0.25, 0.3) is 10.9 Å². The molecule has 0 atom stereocenters. The SMILES string of the molecule is Cc1nn(C(c2ccccc2)(c2ccccc2)c2ccccc2)c2cc(Cl)nc(CBr)c12. The first kappa shape index (κ1) is 20.9. The van der Waals surface area contributed by atoms with Crippen molar-refractivity contribution < 1.29 is 0 Å². The molecule has 5 aromatic rings. The van der Waals surface area contributed by atoms with E-state index in [0.29, 0.717) is 10.5 Å². The van der Waals surface area contributed by atoms with E-state index in [1.54, 1.807) is 0 Å². The van der Waals surface area contributed by atoms with Gasteiger partial charge in [0.2, 0.25) is 0 Å². The lowest BCUT2D eigenvalue weighted by atomic mass is 9.77. The first-order valence-electron chi connectivity index (χ1n) is 10.4. The van der Waals surface area contributed by atoms with Crippen LogP contribution in [0.1, 0.15) is 28.1 Å². The highest BCUT2D eigenvalue weighted by Gasteiger charge is 2.40. The number of alkyl halides is 1. The second kappa shape index (κ2) is 8.53. The molecule has 0 aliphatic heterocycles. The van der Waals surface area contributed by atoms with Crippen molar-refractivity contribution in [1.82, 2.24) is 14.8 Å². The van der Waals surface area contributed by atoms with E-state index in [2.05, 4.69) is 98.4 Å². The number of aromatic nitrogens is 3. The third-order valence-corrected chi connectivity index (χ3v) is 6.63. The second-order valence-corrected chi connectivity index (χ2v) is 8.67. The molecule has 3 aromatic carbocycles. The minimum Gasteiger partial charge on any atom is -0.245 e. The summed E-state index contributed by atoms with van der Waals surface area (Å²) in [5.74, 6) is 0. The van der Waals surface area contributed by atoms with Gasteiger partial charge in [0.1, 0.15) is 10.7 Å². The number of hydrogen-bond donors (Lipinski definition) is 0. The first-order chi connectivity index (χ1) is 15.7. The molecule has 0 aliphatic carbocycles. The van der Waals surface area contributed by atoms with Crippen LogP contribution in [0.2, 0.25) is 5.15 Å². The van der Waals surface area contributed by atoms with Crippen molar-refractivity contribution in [1.29, 1.82) is 0 Å². The number of rotatable bonds is 5. The van der Waals surface area contributed by atoms with Crippen LogP contribution in [0.15, 0.2) is 97.1 Å². The predicted octanol–water partition coefficient (Wildman–Crippen LogP) is 7.13. The summed E-state index contributed by atoms with van der Waals surface area (Å²) in [6.45, 7) is 2.03. The van der Waals surface area contributed by atoms with Crippen molar-refractivity contribution in [3.05, 3.63) is 130 Å². The molecule has 32 heavy (non-hydrogen) atoms. The van der Waals surface area contributed by atoms with E-state index >= 15 is 0 Å². The van der Waals surface area contributed by atoms with Gasteiger partial charge in [0.15, 0.2) is 0 Å². The molecule has 0 amide bonds. The molecular formula is C27H21BrClN3. The third-order valence-electron chi connectivity index (χ3n) is 5.90. The van der Waals surface area contributed by atoms with Crippen LogP contribution >= 0.6 is 27.5 Å². The zero-order valence-electron chi connectivity index (χ0n) is 17.5. The molecule has 2 aromatic heterocycles. The Balaban J connectivity index is 2.00. The average Bonchev–Trinajstić information content (AvgIpc) is 3.17. The molecule has 0 N–H and O–H groups in total. The highest BCUT2D eigenvalue weighted by atomic mass is 79.9. The fourth-order valence-corrected chi connectivity index (χ4v) is 5.23. The van der Waals surface area contributed by atoms with Crippen LogP contribution < -0.4 is 0 Å². The van der Waals surface area contributed by atoms with E-state index in [4.69, 9.17) is 16.7 Å². The number of nitrogens with zero attached hydrogens (tertiary/aromatic N) is 3. The summed E-state index contributed by atoms with van der Waals surface area (Å²) in [7, 11) is 0. The molecule has 0 fully saturated rings. The van der Waals surface area contributed by atoms with Gasteiger partial charge in [-0.3, -0.25) is 0 Å². The number of aryl methyl sites for hydroxylation is 1. The molecule has 0 radical (unpaired) electrons. The van der Waals surface area contributed by atoms with Gasteiger partial charge in [-0.2, -0.15) is 5.10 Å². The van der Waals surface area contributed by atoms with Gasteiger partial charge in [-0.15, -0.1) is 0 Å². The Kier molecular flexibility index (Phi) is 5.58. The summed E-state index contributed by atoms with van der Waals surface area (Å²) in [6.07, 6.45) is 0. The van der Waals surface area contributed by atoms with Crippen LogP contribution in [0, 0.1) is 6.92 Å². The molecule has 0 spiro atoms. The molecule has 0 bridgehead atoms. The Morgan fingerprint density at radius 2 is 1.28 bits per heavy atom. The van der Waals surface area contributed by atoms with Crippen LogP contribution in [-0.4, -0.2) is 14.8 Å². The topological polar surface area (TPSA) is 30.7 Å². The Morgan fingerprint density at radius 3 is 1.72 bits per heavy atom. The smallest absolute Gasteiger partial charge is 0.138 e. The maximum absolute atomic E-state index is 6.50. The maximum Gasteiger partial charge on any atom is 0.138 e. The second-order valence-electron chi connectivity index (χ2n) is 7.73. The highest BCUT2D eigenvalue weighted by molar-refractivity contribution is 9.08. The molecule has 5 heteroatoms. The summed E-state index contributed by atoms with van der Waals surface area (Å²) < 4.78 is 2.12. The lowest BCUT2D eigenvalue weighted by Crippen LogP contribution is -2.38. The van der Waals surface area contributed by atoms with E-state index < -0.39 is 5.54 Å². The molecule has 0 unspecified atom stereocenters. The largest absolute Gasteiger partial charge is 0.245 e.